The van der Waals surface area contributed by atoms with Gasteiger partial charge < -0.3 is 13.9 Å². The summed E-state index contributed by atoms with van der Waals surface area (Å²) in [6.07, 6.45) is 5.77. The average Bonchev–Trinajstić information content (AvgIpc) is 3.68. The van der Waals surface area contributed by atoms with Crippen molar-refractivity contribution in [1.82, 2.24) is 14.6 Å². The number of methoxy groups -OCH3 is 2. The lowest BCUT2D eigenvalue weighted by atomic mass is 10.0. The van der Waals surface area contributed by atoms with Crippen molar-refractivity contribution in [3.63, 3.8) is 0 Å². The second-order valence-electron chi connectivity index (χ2n) is 7.82. The van der Waals surface area contributed by atoms with Gasteiger partial charge in [0.1, 0.15) is 23.3 Å². The number of ether oxygens (including phenoxy) is 2. The first-order chi connectivity index (χ1) is 17.2. The third kappa shape index (κ3) is 4.81. The van der Waals surface area contributed by atoms with E-state index in [0.29, 0.717) is 12.2 Å². The fraction of sp³-hybridized carbons (Fsp3) is 0.192. The van der Waals surface area contributed by atoms with Crippen LogP contribution in [0.1, 0.15) is 23.8 Å². The molecule has 2 aromatic carbocycles. The van der Waals surface area contributed by atoms with Crippen LogP contribution >= 0.6 is 11.8 Å². The number of furan rings is 1. The number of rotatable bonds is 8. The molecule has 0 bridgehead atoms. The molecule has 8 nitrogen and oxygen atoms in total. The number of hydrogen-bond acceptors (Lipinski definition) is 7. The Morgan fingerprint density at radius 2 is 1.77 bits per heavy atom. The van der Waals surface area contributed by atoms with E-state index in [1.807, 2.05) is 71.4 Å². The molecule has 178 valence electrons. The summed E-state index contributed by atoms with van der Waals surface area (Å²) in [5.41, 5.74) is 2.71. The van der Waals surface area contributed by atoms with Crippen molar-refractivity contribution in [1.29, 1.82) is 0 Å². The molecule has 4 aromatic rings. The summed E-state index contributed by atoms with van der Waals surface area (Å²) >= 11 is 1.37. The number of hydrogen-bond donors (Lipinski definition) is 0. The Kier molecular flexibility index (Phi) is 6.58. The first-order valence-electron chi connectivity index (χ1n) is 11.0. The highest BCUT2D eigenvalue weighted by Crippen LogP contribution is 2.34. The van der Waals surface area contributed by atoms with Gasteiger partial charge in [0, 0.05) is 24.5 Å². The first kappa shape index (κ1) is 22.8. The van der Waals surface area contributed by atoms with Gasteiger partial charge in [0.2, 0.25) is 0 Å². The molecule has 1 unspecified atom stereocenters. The highest BCUT2D eigenvalue weighted by atomic mass is 32.2. The number of thioether (sulfide) groups is 1. The van der Waals surface area contributed by atoms with Gasteiger partial charge in [-0.15, -0.1) is 0 Å². The van der Waals surface area contributed by atoms with Crippen LogP contribution in [0.5, 0.6) is 11.5 Å². The number of imidazole rings is 1. The summed E-state index contributed by atoms with van der Waals surface area (Å²) in [4.78, 5) is 17.8. The standard InChI is InChI=1S/C26H24N4O4S/c1-32-20-9-5-18(6-10-20)22-16-23(24-4-3-15-34-24)30(28-22)25(31)17-35-26-27-13-14-29(26)19-7-11-21(33-2)12-8-19/h3-15,23H,16-17H2,1-2H3. The third-order valence-electron chi connectivity index (χ3n) is 5.74. The van der Waals surface area contributed by atoms with Crippen molar-refractivity contribution in [3.05, 3.63) is 90.6 Å². The van der Waals surface area contributed by atoms with Crippen molar-refractivity contribution in [2.75, 3.05) is 20.0 Å². The topological polar surface area (TPSA) is 82.1 Å². The molecule has 0 fully saturated rings. The highest BCUT2D eigenvalue weighted by Gasteiger charge is 2.35. The number of carbonyl (C=O) groups excluding carboxylic acids is 1. The number of hydrazone groups is 1. The number of benzene rings is 2. The minimum atomic E-state index is -0.295. The van der Waals surface area contributed by atoms with E-state index < -0.39 is 0 Å². The monoisotopic (exact) mass is 488 g/mol. The van der Waals surface area contributed by atoms with E-state index in [1.165, 1.54) is 16.8 Å². The quantitative estimate of drug-likeness (QED) is 0.326. The molecule has 1 aliphatic heterocycles. The highest BCUT2D eigenvalue weighted by molar-refractivity contribution is 7.99. The van der Waals surface area contributed by atoms with Gasteiger partial charge in [-0.05, 0) is 66.2 Å². The molecule has 0 spiro atoms. The lowest BCUT2D eigenvalue weighted by Gasteiger charge is -2.19. The summed E-state index contributed by atoms with van der Waals surface area (Å²) < 4.78 is 18.1. The number of carbonyl (C=O) groups is 1. The predicted molar refractivity (Wildman–Crippen MR) is 133 cm³/mol. The van der Waals surface area contributed by atoms with Crippen LogP contribution in [0.15, 0.2) is 94.0 Å². The molecule has 1 aliphatic rings. The molecule has 5 rings (SSSR count). The Balaban J connectivity index is 1.34. The van der Waals surface area contributed by atoms with E-state index in [2.05, 4.69) is 4.98 Å². The molecule has 0 aliphatic carbocycles. The molecule has 9 heteroatoms. The third-order valence-corrected chi connectivity index (χ3v) is 6.69. The molecule has 0 radical (unpaired) electrons. The van der Waals surface area contributed by atoms with E-state index in [0.717, 1.165) is 33.6 Å². The van der Waals surface area contributed by atoms with Gasteiger partial charge in [-0.25, -0.2) is 9.99 Å². The maximum absolute atomic E-state index is 13.3. The molecule has 2 aromatic heterocycles. The molecule has 1 amide bonds. The lowest BCUT2D eigenvalue weighted by Crippen LogP contribution is -2.28. The van der Waals surface area contributed by atoms with E-state index in [9.17, 15) is 4.79 Å². The number of nitrogens with zero attached hydrogens (tertiary/aromatic N) is 4. The van der Waals surface area contributed by atoms with Crippen LogP contribution in [0.3, 0.4) is 0 Å². The first-order valence-corrected chi connectivity index (χ1v) is 12.0. The van der Waals surface area contributed by atoms with Gasteiger partial charge in [0.25, 0.3) is 5.91 Å². The summed E-state index contributed by atoms with van der Waals surface area (Å²) in [7, 11) is 3.27. The summed E-state index contributed by atoms with van der Waals surface area (Å²) in [6, 6.07) is 18.8. The van der Waals surface area contributed by atoms with Gasteiger partial charge in [-0.1, -0.05) is 11.8 Å². The molecular formula is C26H24N4O4S. The smallest absolute Gasteiger partial charge is 0.253 e. The largest absolute Gasteiger partial charge is 0.497 e. The van der Waals surface area contributed by atoms with Crippen LogP contribution in [-0.2, 0) is 4.79 Å². The van der Waals surface area contributed by atoms with Gasteiger partial charge in [0.15, 0.2) is 5.16 Å². The van der Waals surface area contributed by atoms with Crippen molar-refractivity contribution in [2.45, 2.75) is 17.6 Å². The molecule has 0 saturated heterocycles. The Morgan fingerprint density at radius 1 is 1.06 bits per heavy atom. The van der Waals surface area contributed by atoms with E-state index in [-0.39, 0.29) is 17.7 Å². The zero-order valence-corrected chi connectivity index (χ0v) is 20.1. The van der Waals surface area contributed by atoms with Crippen molar-refractivity contribution in [3.8, 4) is 17.2 Å². The van der Waals surface area contributed by atoms with E-state index in [1.54, 1.807) is 26.7 Å². The minimum Gasteiger partial charge on any atom is -0.497 e. The maximum atomic E-state index is 13.3. The normalized spacial score (nSPS) is 15.2. The fourth-order valence-electron chi connectivity index (χ4n) is 3.93. The Labute approximate surface area is 207 Å². The lowest BCUT2D eigenvalue weighted by molar-refractivity contribution is -0.130. The van der Waals surface area contributed by atoms with Crippen LogP contribution in [0.25, 0.3) is 5.69 Å². The summed E-state index contributed by atoms with van der Waals surface area (Å²) in [5, 5.41) is 6.95. The van der Waals surface area contributed by atoms with Crippen LogP contribution in [0.2, 0.25) is 0 Å². The van der Waals surface area contributed by atoms with E-state index in [4.69, 9.17) is 19.0 Å². The van der Waals surface area contributed by atoms with Crippen molar-refractivity contribution < 1.29 is 18.7 Å². The SMILES string of the molecule is COc1ccc(C2=NN(C(=O)CSc3nccn3-c3ccc(OC)cc3)C(c3ccco3)C2)cc1. The van der Waals surface area contributed by atoms with Gasteiger partial charge >= 0.3 is 0 Å². The molecule has 0 saturated carbocycles. The Hall–Kier alpha value is -3.98. The van der Waals surface area contributed by atoms with Crippen LogP contribution < -0.4 is 9.47 Å². The van der Waals surface area contributed by atoms with Crippen LogP contribution in [0, 0.1) is 0 Å². The predicted octanol–water partition coefficient (Wildman–Crippen LogP) is 4.95. The Morgan fingerprint density at radius 3 is 2.43 bits per heavy atom. The molecule has 35 heavy (non-hydrogen) atoms. The zero-order valence-electron chi connectivity index (χ0n) is 19.3. The summed E-state index contributed by atoms with van der Waals surface area (Å²) in [6.45, 7) is 0. The van der Waals surface area contributed by atoms with Gasteiger partial charge in [0.05, 0.1) is 31.9 Å². The van der Waals surface area contributed by atoms with Gasteiger partial charge in [-0.3, -0.25) is 9.36 Å². The Bertz CT molecular complexity index is 1310. The van der Waals surface area contributed by atoms with Crippen LogP contribution in [-0.4, -0.2) is 46.2 Å². The summed E-state index contributed by atoms with van der Waals surface area (Å²) in [5.74, 6) is 2.32. The minimum absolute atomic E-state index is 0.121. The van der Waals surface area contributed by atoms with Gasteiger partial charge in [-0.2, -0.15) is 5.10 Å². The maximum Gasteiger partial charge on any atom is 0.253 e. The molecule has 1 atom stereocenters. The second kappa shape index (κ2) is 10.1. The van der Waals surface area contributed by atoms with Crippen molar-refractivity contribution >= 4 is 23.4 Å². The average molecular weight is 489 g/mol. The molecule has 3 heterocycles. The second-order valence-corrected chi connectivity index (χ2v) is 8.76. The van der Waals surface area contributed by atoms with Crippen LogP contribution in [0.4, 0.5) is 0 Å². The fourth-order valence-corrected chi connectivity index (χ4v) is 4.75. The molecular weight excluding hydrogens is 464 g/mol. The number of aromatic nitrogens is 2. The number of amides is 1. The van der Waals surface area contributed by atoms with E-state index >= 15 is 0 Å². The van der Waals surface area contributed by atoms with Crippen molar-refractivity contribution in [2.24, 2.45) is 5.10 Å². The molecule has 0 N–H and O–H groups in total. The zero-order chi connectivity index (χ0) is 24.2.